The van der Waals surface area contributed by atoms with E-state index in [9.17, 15) is 39.0 Å². The Morgan fingerprint density at radius 2 is 0.704 bits per heavy atom. The molecule has 12 saturated carbocycles. The van der Waals surface area contributed by atoms with E-state index in [2.05, 4.69) is 37.4 Å². The smallest absolute Gasteiger partial charge is 0.303 e. The van der Waals surface area contributed by atoms with Crippen LogP contribution in [-0.4, -0.2) is 104 Å². The Hall–Kier alpha value is -4.28. The van der Waals surface area contributed by atoms with Crippen LogP contribution in [0.1, 0.15) is 231 Å². The molecule has 22 unspecified atom stereocenters. The summed E-state index contributed by atoms with van der Waals surface area (Å²) in [5, 5.41) is 19.2. The first kappa shape index (κ1) is 64.3. The quantitative estimate of drug-likeness (QED) is 0.125. The molecule has 12 aliphatic rings. The summed E-state index contributed by atoms with van der Waals surface area (Å²) in [7, 11) is 0. The fourth-order valence-electron chi connectivity index (χ4n) is 19.1. The van der Waals surface area contributed by atoms with Crippen LogP contribution in [0.5, 0.6) is 0 Å². The number of hydrogen-bond acceptors (Lipinski definition) is 14. The largest absolute Gasteiger partial charge is 0.459 e. The van der Waals surface area contributed by atoms with Crippen LogP contribution in [0, 0.1) is 84.2 Å². The molecule has 16 nitrogen and oxygen atoms in total. The molecule has 16 heteroatoms. The maximum absolute atomic E-state index is 11.1. The molecule has 0 spiro atoms. The molecule has 22 atom stereocenters. The van der Waals surface area contributed by atoms with Crippen molar-refractivity contribution >= 4 is 35.8 Å². The second-order valence-electron chi connectivity index (χ2n) is 28.0. The summed E-state index contributed by atoms with van der Waals surface area (Å²) in [4.78, 5) is 73.1. The number of nitrogens with zero attached hydrogens (tertiary/aromatic N) is 2. The molecule has 12 bridgehead atoms. The average Bonchev–Trinajstić information content (AvgIpc) is 4.40. The summed E-state index contributed by atoms with van der Waals surface area (Å²) in [5.74, 6) is 5.23. The molecule has 2 N–H and O–H groups in total. The van der Waals surface area contributed by atoms with Crippen molar-refractivity contribution in [2.75, 3.05) is 0 Å². The highest BCUT2D eigenvalue weighted by molar-refractivity contribution is 5.68. The van der Waals surface area contributed by atoms with Crippen molar-refractivity contribution in [3.63, 3.8) is 0 Å². The van der Waals surface area contributed by atoms with Crippen LogP contribution < -0.4 is 0 Å². The number of rotatable bonds is 9. The van der Waals surface area contributed by atoms with E-state index in [4.69, 9.17) is 41.6 Å². The average molecular weight is 1130 g/mol. The molecule has 0 heterocycles. The van der Waals surface area contributed by atoms with Gasteiger partial charge in [0.2, 0.25) is 12.1 Å². The van der Waals surface area contributed by atoms with Crippen LogP contribution in [0.3, 0.4) is 0 Å². The van der Waals surface area contributed by atoms with Crippen molar-refractivity contribution in [1.82, 2.24) is 0 Å². The zero-order chi connectivity index (χ0) is 59.6. The number of carbonyl (C=O) groups is 6. The van der Waals surface area contributed by atoms with Crippen LogP contribution in [0.25, 0.3) is 9.69 Å². The standard InChI is InChI=1S/C12H17NO2.C11H15NO2.C11H18O3.C11H18O2.C10H16O3.C10H16O2/c1-4-12(15-8(2)14)7-9-5-10(12)6-11(9)13-3;1-7(13)14-11(2)6-8-4-9(11)5-10(8)12-3;1-3-11(14-7(2)12)6-8-4-9(11)5-10(8)13;1-3-11(13-8(2)12)7-9-4-5-10(11)6-9;1-6(11)13-10(2)5-7-3-8(10)4-9(7)12;1-7(11)12-10(2)6-8-3-4-9(10)5-8/h9-11H,4-7H2,1-2H3;8-10H,4-6H2,1-2H3;8-10,13H,3-6H2,1-2H3;9-10H,3-7H2,1-2H3;7-9,12H,3-5H2,1-2H3;8-9H,3-6H2,1-2H3. The van der Waals surface area contributed by atoms with Crippen LogP contribution >= 0.6 is 0 Å². The van der Waals surface area contributed by atoms with E-state index in [0.717, 1.165) is 121 Å². The Morgan fingerprint density at radius 3 is 0.988 bits per heavy atom. The van der Waals surface area contributed by atoms with Crippen LogP contribution in [0.15, 0.2) is 0 Å². The Morgan fingerprint density at radius 1 is 0.383 bits per heavy atom. The van der Waals surface area contributed by atoms with Crippen molar-refractivity contribution in [1.29, 1.82) is 0 Å². The topological polar surface area (TPSA) is 207 Å². The van der Waals surface area contributed by atoms with E-state index in [-0.39, 0.29) is 93.7 Å². The summed E-state index contributed by atoms with van der Waals surface area (Å²) in [6.45, 7) is 35.4. The molecule has 0 saturated heterocycles. The van der Waals surface area contributed by atoms with E-state index in [0.29, 0.717) is 59.2 Å². The summed E-state index contributed by atoms with van der Waals surface area (Å²) in [5.41, 5.74) is -1.26. The Labute approximate surface area is 483 Å². The first-order chi connectivity index (χ1) is 38.0. The zero-order valence-electron chi connectivity index (χ0n) is 51.2. The monoisotopic (exact) mass is 1130 g/mol. The highest BCUT2D eigenvalue weighted by Crippen LogP contribution is 2.58. The molecule has 0 amide bonds. The molecule has 0 aromatic carbocycles. The number of fused-ring (bicyclic) bond motifs is 12. The predicted molar refractivity (Wildman–Crippen MR) is 302 cm³/mol. The zero-order valence-corrected chi connectivity index (χ0v) is 51.2. The van der Waals surface area contributed by atoms with Gasteiger partial charge in [-0.2, -0.15) is 0 Å². The third-order valence-corrected chi connectivity index (χ3v) is 22.7. The van der Waals surface area contributed by atoms with Crippen LogP contribution in [0.4, 0.5) is 0 Å². The highest BCUT2D eigenvalue weighted by Gasteiger charge is 2.61. The maximum Gasteiger partial charge on any atom is 0.303 e. The summed E-state index contributed by atoms with van der Waals surface area (Å²) in [6.07, 6.45) is 23.6. The van der Waals surface area contributed by atoms with Gasteiger partial charge in [0.25, 0.3) is 0 Å². The molecule has 81 heavy (non-hydrogen) atoms. The third kappa shape index (κ3) is 14.1. The molecule has 12 rings (SSSR count). The summed E-state index contributed by atoms with van der Waals surface area (Å²) >= 11 is 0. The second-order valence-corrected chi connectivity index (χ2v) is 28.0. The minimum Gasteiger partial charge on any atom is -0.459 e. The van der Waals surface area contributed by atoms with Crippen molar-refractivity contribution in [3.8, 4) is 0 Å². The fourth-order valence-corrected chi connectivity index (χ4v) is 19.1. The number of aliphatic hydroxyl groups is 2. The molecule has 0 aliphatic heterocycles. The van der Waals surface area contributed by atoms with Crippen molar-refractivity contribution in [2.24, 2.45) is 71.0 Å². The van der Waals surface area contributed by atoms with E-state index in [1.165, 1.54) is 80.1 Å². The maximum atomic E-state index is 11.1. The van der Waals surface area contributed by atoms with Gasteiger partial charge in [0, 0.05) is 89.9 Å². The van der Waals surface area contributed by atoms with Crippen LogP contribution in [0.2, 0.25) is 0 Å². The lowest BCUT2D eigenvalue weighted by atomic mass is 9.80. The van der Waals surface area contributed by atoms with Gasteiger partial charge in [-0.1, -0.05) is 20.8 Å². The molecular weight excluding hydrogens is 1030 g/mol. The first-order valence-corrected chi connectivity index (χ1v) is 31.3. The van der Waals surface area contributed by atoms with Gasteiger partial charge in [0.05, 0.1) is 12.2 Å². The van der Waals surface area contributed by atoms with E-state index in [1.807, 2.05) is 13.8 Å². The van der Waals surface area contributed by atoms with E-state index >= 15 is 0 Å². The lowest BCUT2D eigenvalue weighted by molar-refractivity contribution is -0.166. The summed E-state index contributed by atoms with van der Waals surface area (Å²) < 4.78 is 32.7. The minimum atomic E-state index is -0.296. The number of carbonyl (C=O) groups excluding carboxylic acids is 6. The lowest BCUT2D eigenvalue weighted by Crippen LogP contribution is -2.42. The molecule has 12 fully saturated rings. The molecule has 454 valence electrons. The predicted octanol–water partition coefficient (Wildman–Crippen LogP) is 11.7. The fraction of sp³-hybridized carbons (Fsp3) is 0.877. The normalized spacial score (nSPS) is 44.6. The molecule has 12 aliphatic carbocycles. The summed E-state index contributed by atoms with van der Waals surface area (Å²) in [6, 6.07) is 0.369. The Balaban J connectivity index is 0.000000140. The second kappa shape index (κ2) is 25.5. The number of esters is 6. The van der Waals surface area contributed by atoms with Gasteiger partial charge >= 0.3 is 35.8 Å². The van der Waals surface area contributed by atoms with Gasteiger partial charge in [-0.25, -0.2) is 13.1 Å². The van der Waals surface area contributed by atoms with Crippen molar-refractivity contribution < 1.29 is 67.4 Å². The molecular formula is C65H100N2O14. The number of hydrogen-bond donors (Lipinski definition) is 2. The number of ether oxygens (including phenoxy) is 6. The van der Waals surface area contributed by atoms with Gasteiger partial charge in [-0.3, -0.25) is 28.8 Å². The molecule has 0 aromatic rings. The minimum absolute atomic E-state index is 0.0747. The number of aliphatic hydroxyl groups excluding tert-OH is 2. The van der Waals surface area contributed by atoms with Gasteiger partial charge < -0.3 is 48.3 Å². The third-order valence-electron chi connectivity index (χ3n) is 22.7. The van der Waals surface area contributed by atoms with Gasteiger partial charge in [-0.05, 0) is 191 Å². The van der Waals surface area contributed by atoms with Gasteiger partial charge in [0.1, 0.15) is 33.6 Å². The Kier molecular flexibility index (Phi) is 20.2. The van der Waals surface area contributed by atoms with Crippen LogP contribution in [-0.2, 0) is 57.2 Å². The lowest BCUT2D eigenvalue weighted by Gasteiger charge is -2.37. The van der Waals surface area contributed by atoms with Gasteiger partial charge in [0.15, 0.2) is 0 Å². The van der Waals surface area contributed by atoms with Gasteiger partial charge in [-0.15, -0.1) is 0 Å². The highest BCUT2D eigenvalue weighted by atomic mass is 16.6. The SMILES string of the molecule is CC(=O)OC1(C)CC2CC1CC2O.CC(=O)OC1(C)CC2CCC1C2.CCC1(OC(C)=O)CC2CC1CC2O.CCC1(OC(C)=O)CC2CCC1C2.[C-]#[N+]C1CC2CC1CC2(C)OC(C)=O.[C-]#[N+]C1CC2CC1CC2(CC)OC(C)=O. The molecule has 0 radical (unpaired) electrons. The van der Waals surface area contributed by atoms with E-state index < -0.39 is 0 Å². The Bertz CT molecular complexity index is 2380. The molecule has 0 aromatic heterocycles. The first-order valence-electron chi connectivity index (χ1n) is 31.3. The van der Waals surface area contributed by atoms with E-state index in [1.54, 1.807) is 0 Å². The van der Waals surface area contributed by atoms with Crippen molar-refractivity contribution in [3.05, 3.63) is 22.8 Å². The van der Waals surface area contributed by atoms with Crippen molar-refractivity contribution in [2.45, 2.75) is 289 Å².